The Morgan fingerprint density at radius 2 is 1.95 bits per heavy atom. The van der Waals surface area contributed by atoms with Crippen LogP contribution in [0.3, 0.4) is 0 Å². The fourth-order valence-corrected chi connectivity index (χ4v) is 2.80. The molecule has 1 aliphatic rings. The van der Waals surface area contributed by atoms with Crippen LogP contribution in [0, 0.1) is 11.8 Å². The Morgan fingerprint density at radius 1 is 1.37 bits per heavy atom. The van der Waals surface area contributed by atoms with Crippen LogP contribution < -0.4 is 5.32 Å². The summed E-state index contributed by atoms with van der Waals surface area (Å²) in [6.45, 7) is 7.17. The molecular formula is C15H29NO3. The third-order valence-corrected chi connectivity index (χ3v) is 4.50. The van der Waals surface area contributed by atoms with Crippen molar-refractivity contribution < 1.29 is 15.0 Å². The van der Waals surface area contributed by atoms with Crippen molar-refractivity contribution in [3.63, 3.8) is 0 Å². The van der Waals surface area contributed by atoms with Crippen LogP contribution in [0.1, 0.15) is 59.3 Å². The Morgan fingerprint density at radius 3 is 2.42 bits per heavy atom. The first kappa shape index (κ1) is 16.4. The third kappa shape index (κ3) is 5.49. The van der Waals surface area contributed by atoms with Gasteiger partial charge in [0.25, 0.3) is 0 Å². The third-order valence-electron chi connectivity index (χ3n) is 4.50. The number of carbonyl (C=O) groups is 1. The van der Waals surface area contributed by atoms with Crippen molar-refractivity contribution in [2.75, 3.05) is 6.54 Å². The number of hydrogen-bond acceptors (Lipinski definition) is 3. The summed E-state index contributed by atoms with van der Waals surface area (Å²) in [5.74, 6) is -0.294. The molecule has 0 heterocycles. The molecule has 0 amide bonds. The highest BCUT2D eigenvalue weighted by Gasteiger charge is 2.35. The first-order valence-electron chi connectivity index (χ1n) is 7.55. The van der Waals surface area contributed by atoms with Crippen LogP contribution in [0.4, 0.5) is 0 Å². The van der Waals surface area contributed by atoms with E-state index >= 15 is 0 Å². The molecule has 0 saturated heterocycles. The van der Waals surface area contributed by atoms with E-state index in [2.05, 4.69) is 26.1 Å². The lowest BCUT2D eigenvalue weighted by Gasteiger charge is -2.36. The fraction of sp³-hybridized carbons (Fsp3) is 0.933. The Hall–Kier alpha value is -0.610. The molecule has 1 saturated carbocycles. The van der Waals surface area contributed by atoms with Crippen LogP contribution in [0.25, 0.3) is 0 Å². The lowest BCUT2D eigenvalue weighted by Crippen LogP contribution is -2.47. The van der Waals surface area contributed by atoms with E-state index < -0.39 is 11.6 Å². The number of carboxylic acid groups (broad SMARTS) is 1. The molecule has 0 aromatic carbocycles. The molecule has 1 rings (SSSR count). The molecule has 0 spiro atoms. The van der Waals surface area contributed by atoms with Crippen molar-refractivity contribution in [2.45, 2.75) is 70.9 Å². The van der Waals surface area contributed by atoms with Gasteiger partial charge < -0.3 is 15.5 Å². The number of rotatable bonds is 7. The minimum absolute atomic E-state index is 0.266. The normalized spacial score (nSPS) is 30.8. The van der Waals surface area contributed by atoms with Crippen molar-refractivity contribution in [3.05, 3.63) is 0 Å². The highest BCUT2D eigenvalue weighted by atomic mass is 16.4. The Balaban J connectivity index is 2.31. The van der Waals surface area contributed by atoms with Gasteiger partial charge in [-0.2, -0.15) is 0 Å². The molecule has 1 fully saturated rings. The lowest BCUT2D eigenvalue weighted by atomic mass is 9.78. The van der Waals surface area contributed by atoms with Gasteiger partial charge in [-0.15, -0.1) is 0 Å². The van der Waals surface area contributed by atoms with Gasteiger partial charge in [0.1, 0.15) is 0 Å². The minimum atomic E-state index is -0.722. The summed E-state index contributed by atoms with van der Waals surface area (Å²) in [6, 6.07) is 0.399. The summed E-state index contributed by atoms with van der Waals surface area (Å²) in [7, 11) is 0. The number of hydrogen-bond donors (Lipinski definition) is 3. The van der Waals surface area contributed by atoms with E-state index in [-0.39, 0.29) is 5.92 Å². The van der Waals surface area contributed by atoms with E-state index in [1.54, 1.807) is 0 Å². The summed E-state index contributed by atoms with van der Waals surface area (Å²) >= 11 is 0. The SMILES string of the molecule is CCC(C)CC(C)NCC1(O)CCC(C(=O)O)CC1. The molecule has 0 aliphatic heterocycles. The van der Waals surface area contributed by atoms with E-state index in [1.165, 1.54) is 6.42 Å². The number of carboxylic acids is 1. The summed E-state index contributed by atoms with van der Waals surface area (Å²) < 4.78 is 0. The van der Waals surface area contributed by atoms with Crippen LogP contribution in [0.5, 0.6) is 0 Å². The zero-order chi connectivity index (χ0) is 14.5. The van der Waals surface area contributed by atoms with Gasteiger partial charge in [0, 0.05) is 12.6 Å². The number of nitrogens with one attached hydrogen (secondary N) is 1. The van der Waals surface area contributed by atoms with Crippen LogP contribution in [-0.2, 0) is 4.79 Å². The monoisotopic (exact) mass is 271 g/mol. The molecule has 4 heteroatoms. The molecule has 4 nitrogen and oxygen atoms in total. The summed E-state index contributed by atoms with van der Waals surface area (Å²) in [4.78, 5) is 10.9. The van der Waals surface area contributed by atoms with Crippen LogP contribution in [0.2, 0.25) is 0 Å². The predicted molar refractivity (Wildman–Crippen MR) is 76.1 cm³/mol. The maximum atomic E-state index is 10.9. The maximum absolute atomic E-state index is 10.9. The van der Waals surface area contributed by atoms with Crippen molar-refractivity contribution in [3.8, 4) is 0 Å². The standard InChI is InChI=1S/C15H29NO3/c1-4-11(2)9-12(3)16-10-15(19)7-5-13(6-8-15)14(17)18/h11-13,16,19H,4-10H2,1-3H3,(H,17,18). The maximum Gasteiger partial charge on any atom is 0.306 e. The highest BCUT2D eigenvalue weighted by molar-refractivity contribution is 5.70. The largest absolute Gasteiger partial charge is 0.481 e. The average molecular weight is 271 g/mol. The number of aliphatic carboxylic acids is 1. The van der Waals surface area contributed by atoms with Crippen LogP contribution >= 0.6 is 0 Å². The van der Waals surface area contributed by atoms with Crippen LogP contribution in [0.15, 0.2) is 0 Å². The summed E-state index contributed by atoms with van der Waals surface area (Å²) in [5, 5.41) is 22.8. The summed E-state index contributed by atoms with van der Waals surface area (Å²) in [5.41, 5.74) is -0.713. The molecule has 0 bridgehead atoms. The molecule has 0 aromatic rings. The molecule has 112 valence electrons. The molecule has 3 N–H and O–H groups in total. The molecular weight excluding hydrogens is 242 g/mol. The van der Waals surface area contributed by atoms with E-state index in [9.17, 15) is 9.90 Å². The zero-order valence-electron chi connectivity index (χ0n) is 12.5. The van der Waals surface area contributed by atoms with Gasteiger partial charge in [-0.25, -0.2) is 0 Å². The number of aliphatic hydroxyl groups is 1. The first-order valence-corrected chi connectivity index (χ1v) is 7.55. The molecule has 0 radical (unpaired) electrons. The molecule has 1 aliphatic carbocycles. The second-order valence-corrected chi connectivity index (χ2v) is 6.37. The van der Waals surface area contributed by atoms with Gasteiger partial charge in [0.15, 0.2) is 0 Å². The van der Waals surface area contributed by atoms with Gasteiger partial charge in [-0.05, 0) is 44.9 Å². The fourth-order valence-electron chi connectivity index (χ4n) is 2.80. The molecule has 0 aromatic heterocycles. The first-order chi connectivity index (χ1) is 8.86. The molecule has 19 heavy (non-hydrogen) atoms. The van der Waals surface area contributed by atoms with Gasteiger partial charge in [-0.3, -0.25) is 4.79 Å². The smallest absolute Gasteiger partial charge is 0.306 e. The van der Waals surface area contributed by atoms with Crippen molar-refractivity contribution in [1.82, 2.24) is 5.32 Å². The van der Waals surface area contributed by atoms with Gasteiger partial charge in [0.05, 0.1) is 11.5 Å². The highest BCUT2D eigenvalue weighted by Crippen LogP contribution is 2.32. The Bertz CT molecular complexity index is 285. The van der Waals surface area contributed by atoms with Crippen molar-refractivity contribution >= 4 is 5.97 Å². The predicted octanol–water partition coefficient (Wildman–Crippen LogP) is 2.41. The Kier molecular flexibility index (Phi) is 6.27. The zero-order valence-corrected chi connectivity index (χ0v) is 12.5. The second kappa shape index (κ2) is 7.25. The molecule has 2 atom stereocenters. The topological polar surface area (TPSA) is 69.6 Å². The minimum Gasteiger partial charge on any atom is -0.481 e. The van der Waals surface area contributed by atoms with E-state index in [0.29, 0.717) is 44.2 Å². The average Bonchev–Trinajstić information content (AvgIpc) is 2.37. The van der Waals surface area contributed by atoms with E-state index in [1.807, 2.05) is 0 Å². The van der Waals surface area contributed by atoms with Gasteiger partial charge >= 0.3 is 5.97 Å². The molecule has 2 unspecified atom stereocenters. The van der Waals surface area contributed by atoms with Gasteiger partial charge in [0.2, 0.25) is 0 Å². The second-order valence-electron chi connectivity index (χ2n) is 6.37. The quantitative estimate of drug-likeness (QED) is 0.665. The summed E-state index contributed by atoms with van der Waals surface area (Å²) in [6.07, 6.45) is 4.65. The van der Waals surface area contributed by atoms with Crippen LogP contribution in [-0.4, -0.2) is 34.4 Å². The van der Waals surface area contributed by atoms with Crippen molar-refractivity contribution in [2.24, 2.45) is 11.8 Å². The lowest BCUT2D eigenvalue weighted by molar-refractivity contribution is -0.144. The Labute approximate surface area is 116 Å². The van der Waals surface area contributed by atoms with Gasteiger partial charge in [-0.1, -0.05) is 20.3 Å². The van der Waals surface area contributed by atoms with Crippen molar-refractivity contribution in [1.29, 1.82) is 0 Å². The van der Waals surface area contributed by atoms with E-state index in [4.69, 9.17) is 5.11 Å². The van der Waals surface area contributed by atoms with E-state index in [0.717, 1.165) is 6.42 Å².